The van der Waals surface area contributed by atoms with Crippen LogP contribution in [0.3, 0.4) is 0 Å². The maximum Gasteiger partial charge on any atom is 0.411 e. The van der Waals surface area contributed by atoms with Gasteiger partial charge in [-0.1, -0.05) is 25.1 Å². The first-order valence-electron chi connectivity index (χ1n) is 12.0. The van der Waals surface area contributed by atoms with E-state index in [9.17, 15) is 9.59 Å². The Morgan fingerprint density at radius 2 is 1.97 bits per heavy atom. The number of carbonyl (C=O) groups excluding carboxylic acids is 2. The van der Waals surface area contributed by atoms with Crippen LogP contribution in [-0.2, 0) is 21.6 Å². The van der Waals surface area contributed by atoms with Crippen molar-refractivity contribution in [3.8, 4) is 6.07 Å². The van der Waals surface area contributed by atoms with Crippen LogP contribution in [0.15, 0.2) is 36.4 Å². The van der Waals surface area contributed by atoms with Crippen LogP contribution in [0.4, 0.5) is 14.9 Å². The molecular weight excluding hydrogens is 449 g/mol. The summed E-state index contributed by atoms with van der Waals surface area (Å²) in [6.07, 6.45) is 0.833. The SMILES string of the molecule is CCc1cc(C)c(NC(=O)O[C@@H]2CCOC2)cc1C(=O)N1CCC(F)(c2ccc(C#N)cc2)CC1. The Morgan fingerprint density at radius 1 is 1.26 bits per heavy atom. The van der Waals surface area contributed by atoms with E-state index >= 15 is 4.39 Å². The number of likely N-dealkylation sites (tertiary alicyclic amines) is 1. The number of halogens is 1. The molecule has 7 nitrogen and oxygen atoms in total. The average Bonchev–Trinajstić information content (AvgIpc) is 3.38. The lowest BCUT2D eigenvalue weighted by molar-refractivity contribution is 0.0420. The monoisotopic (exact) mass is 479 g/mol. The van der Waals surface area contributed by atoms with Crippen molar-refractivity contribution in [2.45, 2.75) is 51.3 Å². The normalized spacial score (nSPS) is 19.1. The van der Waals surface area contributed by atoms with Gasteiger partial charge in [-0.15, -0.1) is 0 Å². The van der Waals surface area contributed by atoms with E-state index in [1.54, 1.807) is 35.2 Å². The topological polar surface area (TPSA) is 91.7 Å². The Balaban J connectivity index is 1.46. The van der Waals surface area contributed by atoms with Crippen molar-refractivity contribution in [3.63, 3.8) is 0 Å². The third kappa shape index (κ3) is 5.46. The van der Waals surface area contributed by atoms with E-state index in [4.69, 9.17) is 14.7 Å². The Labute approximate surface area is 204 Å². The molecule has 0 radical (unpaired) electrons. The van der Waals surface area contributed by atoms with Gasteiger partial charge in [-0.3, -0.25) is 10.1 Å². The lowest BCUT2D eigenvalue weighted by atomic mass is 9.85. The zero-order valence-corrected chi connectivity index (χ0v) is 20.1. The van der Waals surface area contributed by atoms with Gasteiger partial charge in [-0.25, -0.2) is 9.18 Å². The van der Waals surface area contributed by atoms with Crippen LogP contribution >= 0.6 is 0 Å². The fraction of sp³-hybridized carbons (Fsp3) is 0.444. The Bertz CT molecular complexity index is 1130. The average molecular weight is 480 g/mol. The molecule has 35 heavy (non-hydrogen) atoms. The molecule has 2 aromatic rings. The summed E-state index contributed by atoms with van der Waals surface area (Å²) in [5, 5.41) is 11.7. The van der Waals surface area contributed by atoms with Gasteiger partial charge in [0.05, 0.1) is 24.8 Å². The number of benzene rings is 2. The molecule has 0 spiro atoms. The fourth-order valence-corrected chi connectivity index (χ4v) is 4.66. The second-order valence-corrected chi connectivity index (χ2v) is 9.14. The number of amides is 2. The second-order valence-electron chi connectivity index (χ2n) is 9.14. The first-order valence-corrected chi connectivity index (χ1v) is 12.0. The summed E-state index contributed by atoms with van der Waals surface area (Å²) < 4.78 is 26.3. The summed E-state index contributed by atoms with van der Waals surface area (Å²) in [6, 6.07) is 12.2. The molecule has 4 rings (SSSR count). The minimum Gasteiger partial charge on any atom is -0.443 e. The van der Waals surface area contributed by atoms with Gasteiger partial charge < -0.3 is 14.4 Å². The van der Waals surface area contributed by atoms with Crippen molar-refractivity contribution in [3.05, 3.63) is 64.2 Å². The van der Waals surface area contributed by atoms with Crippen molar-refractivity contribution in [1.82, 2.24) is 4.90 Å². The van der Waals surface area contributed by atoms with Gasteiger partial charge in [0.15, 0.2) is 0 Å². The molecule has 2 aliphatic rings. The number of hydrogen-bond acceptors (Lipinski definition) is 5. The number of anilines is 1. The van der Waals surface area contributed by atoms with Gasteiger partial charge in [0.2, 0.25) is 0 Å². The highest BCUT2D eigenvalue weighted by molar-refractivity contribution is 5.98. The predicted molar refractivity (Wildman–Crippen MR) is 129 cm³/mol. The molecule has 2 aliphatic heterocycles. The van der Waals surface area contributed by atoms with E-state index in [-0.39, 0.29) is 37.9 Å². The lowest BCUT2D eigenvalue weighted by Crippen LogP contribution is -2.43. The van der Waals surface area contributed by atoms with Crippen LogP contribution in [0.25, 0.3) is 0 Å². The maximum atomic E-state index is 15.7. The molecule has 0 bridgehead atoms. The van der Waals surface area contributed by atoms with Crippen molar-refractivity contribution >= 4 is 17.7 Å². The van der Waals surface area contributed by atoms with Gasteiger partial charge >= 0.3 is 6.09 Å². The molecule has 0 saturated carbocycles. The highest BCUT2D eigenvalue weighted by Gasteiger charge is 2.38. The number of nitriles is 1. The Morgan fingerprint density at radius 3 is 2.57 bits per heavy atom. The molecule has 184 valence electrons. The predicted octanol–water partition coefficient (Wildman–Crippen LogP) is 4.87. The van der Waals surface area contributed by atoms with Crippen LogP contribution in [0.5, 0.6) is 0 Å². The molecule has 1 atom stereocenters. The first kappa shape index (κ1) is 24.7. The summed E-state index contributed by atoms with van der Waals surface area (Å²) in [7, 11) is 0. The van der Waals surface area contributed by atoms with E-state index in [1.807, 2.05) is 26.0 Å². The summed E-state index contributed by atoms with van der Waals surface area (Å²) >= 11 is 0. The third-order valence-corrected chi connectivity index (χ3v) is 6.83. The van der Waals surface area contributed by atoms with Crippen LogP contribution in [0.1, 0.15) is 58.8 Å². The molecule has 0 aromatic heterocycles. The molecule has 2 aromatic carbocycles. The number of aryl methyl sites for hydroxylation is 2. The van der Waals surface area contributed by atoms with Crippen LogP contribution in [0.2, 0.25) is 0 Å². The minimum atomic E-state index is -1.54. The van der Waals surface area contributed by atoms with Gasteiger partial charge in [0.25, 0.3) is 5.91 Å². The van der Waals surface area contributed by atoms with Crippen molar-refractivity contribution in [2.24, 2.45) is 0 Å². The number of rotatable bonds is 5. The van der Waals surface area contributed by atoms with Gasteiger partial charge in [-0.2, -0.15) is 5.26 Å². The summed E-state index contributed by atoms with van der Waals surface area (Å²) in [4.78, 5) is 27.5. The summed E-state index contributed by atoms with van der Waals surface area (Å²) in [5.74, 6) is -0.177. The Kier molecular flexibility index (Phi) is 7.37. The molecule has 8 heteroatoms. The van der Waals surface area contributed by atoms with E-state index < -0.39 is 11.8 Å². The smallest absolute Gasteiger partial charge is 0.411 e. The number of ether oxygens (including phenoxy) is 2. The van der Waals surface area contributed by atoms with Crippen LogP contribution in [-0.4, -0.2) is 49.3 Å². The number of nitrogens with one attached hydrogen (secondary N) is 1. The standard InChI is InChI=1S/C27H30FN3O4/c1-3-20-14-18(2)24(30-26(33)35-22-8-13-34-17-22)15-23(20)25(32)31-11-9-27(28,10-12-31)21-6-4-19(16-29)5-7-21/h4-7,14-15,22H,3,8-13,17H2,1-2H3,(H,30,33)/t22-/m1/s1. The van der Waals surface area contributed by atoms with E-state index in [0.29, 0.717) is 48.4 Å². The highest BCUT2D eigenvalue weighted by Crippen LogP contribution is 2.37. The number of nitrogens with zero attached hydrogens (tertiary/aromatic N) is 2. The number of carbonyl (C=O) groups is 2. The van der Waals surface area contributed by atoms with E-state index in [2.05, 4.69) is 5.32 Å². The van der Waals surface area contributed by atoms with Gasteiger partial charge in [0, 0.05) is 43.6 Å². The number of piperidine rings is 1. The molecule has 0 unspecified atom stereocenters. The molecule has 2 amide bonds. The Hall–Kier alpha value is -3.44. The van der Waals surface area contributed by atoms with Crippen LogP contribution < -0.4 is 5.32 Å². The maximum absolute atomic E-state index is 15.7. The molecule has 2 fully saturated rings. The number of alkyl halides is 1. The van der Waals surface area contributed by atoms with Gasteiger partial charge in [-0.05, 0) is 48.2 Å². The summed E-state index contributed by atoms with van der Waals surface area (Å²) in [6.45, 7) is 5.36. The zero-order chi connectivity index (χ0) is 25.0. The largest absolute Gasteiger partial charge is 0.443 e. The zero-order valence-electron chi connectivity index (χ0n) is 20.1. The van der Waals surface area contributed by atoms with Crippen molar-refractivity contribution < 1.29 is 23.5 Å². The molecule has 1 N–H and O–H groups in total. The second kappa shape index (κ2) is 10.4. The molecule has 2 saturated heterocycles. The summed E-state index contributed by atoms with van der Waals surface area (Å²) in [5.41, 5.74) is 2.21. The fourth-order valence-electron chi connectivity index (χ4n) is 4.66. The van der Waals surface area contributed by atoms with Crippen molar-refractivity contribution in [1.29, 1.82) is 5.26 Å². The van der Waals surface area contributed by atoms with Crippen LogP contribution in [0, 0.1) is 18.3 Å². The minimum absolute atomic E-state index is 0.177. The quantitative estimate of drug-likeness (QED) is 0.661. The van der Waals surface area contributed by atoms with E-state index in [0.717, 1.165) is 11.1 Å². The molecule has 0 aliphatic carbocycles. The first-order chi connectivity index (χ1) is 16.8. The van der Waals surface area contributed by atoms with Crippen molar-refractivity contribution in [2.75, 3.05) is 31.6 Å². The third-order valence-electron chi connectivity index (χ3n) is 6.83. The van der Waals surface area contributed by atoms with Gasteiger partial charge in [0.1, 0.15) is 11.8 Å². The number of hydrogen-bond donors (Lipinski definition) is 1. The molecule has 2 heterocycles. The highest BCUT2D eigenvalue weighted by atomic mass is 19.1. The lowest BCUT2D eigenvalue weighted by Gasteiger charge is -2.37. The molecular formula is C27H30FN3O4. The van der Waals surface area contributed by atoms with E-state index in [1.165, 1.54) is 0 Å².